The fraction of sp³-hybridized carbons (Fsp3) is 0.316. The van der Waals surface area contributed by atoms with Crippen molar-refractivity contribution in [2.24, 2.45) is 0 Å². The van der Waals surface area contributed by atoms with E-state index in [0.717, 1.165) is 28.9 Å². The van der Waals surface area contributed by atoms with Gasteiger partial charge in [0.25, 0.3) is 5.91 Å². The Hall–Kier alpha value is -1.40. The molecule has 0 radical (unpaired) electrons. The van der Waals surface area contributed by atoms with Gasteiger partial charge >= 0.3 is 0 Å². The first-order valence-electron chi connectivity index (χ1n) is 7.92. The Morgan fingerprint density at radius 1 is 1.09 bits per heavy atom. The Balaban J connectivity index is 2.02. The average Bonchev–Trinajstić information content (AvgIpc) is 2.56. The lowest BCUT2D eigenvalue weighted by Gasteiger charge is -2.18. The third-order valence-electron chi connectivity index (χ3n) is 3.95. The van der Waals surface area contributed by atoms with Gasteiger partial charge in [0.15, 0.2) is 0 Å². The number of hydrogen-bond donors (Lipinski definition) is 1. The summed E-state index contributed by atoms with van der Waals surface area (Å²) in [7, 11) is 0. The van der Waals surface area contributed by atoms with Crippen molar-refractivity contribution in [3.63, 3.8) is 0 Å². The Bertz CT molecular complexity index is 664. The number of nitrogens with zero attached hydrogens (tertiary/aromatic N) is 1. The molecule has 0 saturated carbocycles. The Kier molecular flexibility index (Phi) is 6.59. The van der Waals surface area contributed by atoms with Crippen molar-refractivity contribution in [2.75, 3.05) is 18.4 Å². The SMILES string of the molecule is CCN(CC)Cc1ccc(NC(=O)c2ccc(C)c(I)c2)cc1. The summed E-state index contributed by atoms with van der Waals surface area (Å²) in [6, 6.07) is 13.8. The van der Waals surface area contributed by atoms with Crippen molar-refractivity contribution < 1.29 is 4.79 Å². The molecule has 3 nitrogen and oxygen atoms in total. The Labute approximate surface area is 152 Å². The number of carbonyl (C=O) groups is 1. The van der Waals surface area contributed by atoms with Gasteiger partial charge < -0.3 is 5.32 Å². The molecule has 0 atom stereocenters. The van der Waals surface area contributed by atoms with Gasteiger partial charge in [0, 0.05) is 21.4 Å². The maximum atomic E-state index is 12.3. The molecule has 0 fully saturated rings. The van der Waals surface area contributed by atoms with Crippen LogP contribution in [0.15, 0.2) is 42.5 Å². The van der Waals surface area contributed by atoms with Crippen LogP contribution in [0, 0.1) is 10.5 Å². The predicted octanol–water partition coefficient (Wildman–Crippen LogP) is 4.69. The number of nitrogens with one attached hydrogen (secondary N) is 1. The highest BCUT2D eigenvalue weighted by Crippen LogP contribution is 2.16. The van der Waals surface area contributed by atoms with E-state index >= 15 is 0 Å². The molecule has 2 rings (SSSR count). The van der Waals surface area contributed by atoms with Gasteiger partial charge in [-0.2, -0.15) is 0 Å². The molecular formula is C19H23IN2O. The molecule has 0 saturated heterocycles. The molecule has 23 heavy (non-hydrogen) atoms. The lowest BCUT2D eigenvalue weighted by Crippen LogP contribution is -2.22. The summed E-state index contributed by atoms with van der Waals surface area (Å²) < 4.78 is 1.10. The molecule has 0 heterocycles. The molecule has 0 unspecified atom stereocenters. The average molecular weight is 422 g/mol. The molecule has 0 aliphatic heterocycles. The smallest absolute Gasteiger partial charge is 0.255 e. The number of hydrogen-bond acceptors (Lipinski definition) is 2. The van der Waals surface area contributed by atoms with E-state index in [1.54, 1.807) is 0 Å². The first-order chi connectivity index (χ1) is 11.0. The van der Waals surface area contributed by atoms with Crippen molar-refractivity contribution in [3.05, 3.63) is 62.7 Å². The highest BCUT2D eigenvalue weighted by Gasteiger charge is 2.08. The van der Waals surface area contributed by atoms with Crippen LogP contribution < -0.4 is 5.32 Å². The maximum Gasteiger partial charge on any atom is 0.255 e. The maximum absolute atomic E-state index is 12.3. The van der Waals surface area contributed by atoms with Gasteiger partial charge in [0.1, 0.15) is 0 Å². The van der Waals surface area contributed by atoms with Gasteiger partial charge in [-0.05, 0) is 78.0 Å². The molecule has 1 N–H and O–H groups in total. The van der Waals surface area contributed by atoms with Crippen molar-refractivity contribution in [1.29, 1.82) is 0 Å². The van der Waals surface area contributed by atoms with E-state index in [1.165, 1.54) is 11.1 Å². The van der Waals surface area contributed by atoms with Crippen molar-refractivity contribution in [3.8, 4) is 0 Å². The summed E-state index contributed by atoms with van der Waals surface area (Å²) in [6.45, 7) is 9.40. The van der Waals surface area contributed by atoms with Crippen LogP contribution in [0.2, 0.25) is 0 Å². The molecule has 0 bridgehead atoms. The topological polar surface area (TPSA) is 32.3 Å². The van der Waals surface area contributed by atoms with Crippen LogP contribution in [-0.4, -0.2) is 23.9 Å². The fourth-order valence-corrected chi connectivity index (χ4v) is 2.85. The first kappa shape index (κ1) is 17.9. The number of anilines is 1. The Morgan fingerprint density at radius 2 is 1.74 bits per heavy atom. The number of aryl methyl sites for hydroxylation is 1. The van der Waals surface area contributed by atoms with Crippen molar-refractivity contribution in [2.45, 2.75) is 27.3 Å². The Morgan fingerprint density at radius 3 is 2.30 bits per heavy atom. The minimum atomic E-state index is -0.0700. The molecule has 1 amide bonds. The number of carbonyl (C=O) groups excluding carboxylic acids is 1. The predicted molar refractivity (Wildman–Crippen MR) is 105 cm³/mol. The van der Waals surface area contributed by atoms with Gasteiger partial charge in [-0.15, -0.1) is 0 Å². The van der Waals surface area contributed by atoms with E-state index in [2.05, 4.69) is 58.8 Å². The summed E-state index contributed by atoms with van der Waals surface area (Å²) in [5.41, 5.74) is 3.96. The number of halogens is 1. The quantitative estimate of drug-likeness (QED) is 0.685. The number of amides is 1. The molecule has 2 aromatic carbocycles. The summed E-state index contributed by atoms with van der Waals surface area (Å²) in [6.07, 6.45) is 0. The second-order valence-electron chi connectivity index (χ2n) is 5.58. The molecule has 2 aromatic rings. The largest absolute Gasteiger partial charge is 0.322 e. The summed E-state index contributed by atoms with van der Waals surface area (Å²) >= 11 is 2.25. The standard InChI is InChI=1S/C19H23IN2O/c1-4-22(5-2)13-15-7-10-17(11-8-15)21-19(23)16-9-6-14(3)18(20)12-16/h6-12H,4-5,13H2,1-3H3,(H,21,23). The first-order valence-corrected chi connectivity index (χ1v) is 9.00. The van der Waals surface area contributed by atoms with Crippen LogP contribution in [0.1, 0.15) is 35.3 Å². The van der Waals surface area contributed by atoms with Crippen LogP contribution in [0.5, 0.6) is 0 Å². The molecule has 122 valence electrons. The van der Waals surface area contributed by atoms with Gasteiger partial charge in [0.05, 0.1) is 0 Å². The molecule has 0 aliphatic carbocycles. The minimum absolute atomic E-state index is 0.0700. The van der Waals surface area contributed by atoms with E-state index < -0.39 is 0 Å². The highest BCUT2D eigenvalue weighted by molar-refractivity contribution is 14.1. The number of rotatable bonds is 6. The van der Waals surface area contributed by atoms with Crippen LogP contribution in [0.3, 0.4) is 0 Å². The summed E-state index contributed by atoms with van der Waals surface area (Å²) in [5.74, 6) is -0.0700. The zero-order valence-electron chi connectivity index (χ0n) is 13.9. The molecule has 0 spiro atoms. The normalized spacial score (nSPS) is 10.8. The molecular weight excluding hydrogens is 399 g/mol. The van der Waals surface area contributed by atoms with Crippen LogP contribution in [-0.2, 0) is 6.54 Å². The van der Waals surface area contributed by atoms with E-state index in [4.69, 9.17) is 0 Å². The number of benzene rings is 2. The van der Waals surface area contributed by atoms with E-state index in [0.29, 0.717) is 5.56 Å². The van der Waals surface area contributed by atoms with E-state index in [-0.39, 0.29) is 5.91 Å². The molecule has 0 aromatic heterocycles. The van der Waals surface area contributed by atoms with Crippen molar-refractivity contribution in [1.82, 2.24) is 4.90 Å². The second-order valence-corrected chi connectivity index (χ2v) is 6.74. The lowest BCUT2D eigenvalue weighted by atomic mass is 10.1. The third-order valence-corrected chi connectivity index (χ3v) is 5.11. The highest BCUT2D eigenvalue weighted by atomic mass is 127. The van der Waals surface area contributed by atoms with Gasteiger partial charge in [-0.1, -0.05) is 32.0 Å². The van der Waals surface area contributed by atoms with E-state index in [1.807, 2.05) is 37.3 Å². The molecule has 0 aliphatic rings. The summed E-state index contributed by atoms with van der Waals surface area (Å²) in [5, 5.41) is 2.96. The van der Waals surface area contributed by atoms with Gasteiger partial charge in [0.2, 0.25) is 0 Å². The van der Waals surface area contributed by atoms with Gasteiger partial charge in [-0.25, -0.2) is 0 Å². The second kappa shape index (κ2) is 8.45. The van der Waals surface area contributed by atoms with Crippen LogP contribution in [0.4, 0.5) is 5.69 Å². The minimum Gasteiger partial charge on any atom is -0.322 e. The lowest BCUT2D eigenvalue weighted by molar-refractivity contribution is 0.102. The fourth-order valence-electron chi connectivity index (χ4n) is 2.34. The third kappa shape index (κ3) is 5.04. The van der Waals surface area contributed by atoms with Crippen LogP contribution >= 0.6 is 22.6 Å². The zero-order valence-corrected chi connectivity index (χ0v) is 16.1. The molecule has 4 heteroatoms. The van der Waals surface area contributed by atoms with E-state index in [9.17, 15) is 4.79 Å². The summed E-state index contributed by atoms with van der Waals surface area (Å²) in [4.78, 5) is 14.7. The van der Waals surface area contributed by atoms with Crippen molar-refractivity contribution >= 4 is 34.2 Å². The zero-order chi connectivity index (χ0) is 16.8. The van der Waals surface area contributed by atoms with Gasteiger partial charge in [-0.3, -0.25) is 9.69 Å². The monoisotopic (exact) mass is 422 g/mol. The van der Waals surface area contributed by atoms with Crippen LogP contribution in [0.25, 0.3) is 0 Å².